The number of hydrogen-bond donors (Lipinski definition) is 2. The maximum atomic E-state index is 11.8. The summed E-state index contributed by atoms with van der Waals surface area (Å²) < 4.78 is 5.43. The summed E-state index contributed by atoms with van der Waals surface area (Å²) in [6, 6.07) is 0.909. The SMILES string of the molecule is CC1CN(CC(=O)NCCCOC(C)C)CC(C)N1. The van der Waals surface area contributed by atoms with Crippen molar-refractivity contribution in [3.63, 3.8) is 0 Å². The quantitative estimate of drug-likeness (QED) is 0.666. The molecule has 1 aliphatic heterocycles. The van der Waals surface area contributed by atoms with E-state index in [4.69, 9.17) is 4.74 Å². The molecule has 1 heterocycles. The number of piperazine rings is 1. The average Bonchev–Trinajstić information content (AvgIpc) is 2.26. The Bertz CT molecular complexity index is 261. The molecule has 5 nitrogen and oxygen atoms in total. The van der Waals surface area contributed by atoms with Gasteiger partial charge in [0.2, 0.25) is 5.91 Å². The maximum Gasteiger partial charge on any atom is 0.234 e. The number of nitrogens with one attached hydrogen (secondary N) is 2. The van der Waals surface area contributed by atoms with Crippen LogP contribution in [0.1, 0.15) is 34.1 Å². The Morgan fingerprint density at radius 3 is 2.58 bits per heavy atom. The summed E-state index contributed by atoms with van der Waals surface area (Å²) in [7, 11) is 0. The molecule has 1 rings (SSSR count). The number of amides is 1. The van der Waals surface area contributed by atoms with Gasteiger partial charge in [-0.05, 0) is 34.1 Å². The molecule has 2 N–H and O–H groups in total. The van der Waals surface area contributed by atoms with Crippen molar-refractivity contribution in [2.75, 3.05) is 32.8 Å². The maximum absolute atomic E-state index is 11.8. The van der Waals surface area contributed by atoms with E-state index in [2.05, 4.69) is 29.4 Å². The van der Waals surface area contributed by atoms with E-state index in [1.807, 2.05) is 13.8 Å². The van der Waals surface area contributed by atoms with Gasteiger partial charge in [0.1, 0.15) is 0 Å². The van der Waals surface area contributed by atoms with Gasteiger partial charge in [0.15, 0.2) is 0 Å². The molecule has 0 bridgehead atoms. The fourth-order valence-electron chi connectivity index (χ4n) is 2.45. The molecule has 0 radical (unpaired) electrons. The van der Waals surface area contributed by atoms with Crippen LogP contribution >= 0.6 is 0 Å². The average molecular weight is 271 g/mol. The van der Waals surface area contributed by atoms with E-state index in [0.29, 0.717) is 31.8 Å². The van der Waals surface area contributed by atoms with Crippen molar-refractivity contribution in [3.05, 3.63) is 0 Å². The lowest BCUT2D eigenvalue weighted by Crippen LogP contribution is -2.56. The molecule has 1 saturated heterocycles. The molecule has 0 aromatic heterocycles. The summed E-state index contributed by atoms with van der Waals surface area (Å²) >= 11 is 0. The molecule has 2 atom stereocenters. The van der Waals surface area contributed by atoms with E-state index in [0.717, 1.165) is 19.5 Å². The molecule has 0 spiro atoms. The second-order valence-corrected chi connectivity index (χ2v) is 5.79. The van der Waals surface area contributed by atoms with E-state index in [-0.39, 0.29) is 12.0 Å². The third kappa shape index (κ3) is 7.50. The van der Waals surface area contributed by atoms with Gasteiger partial charge >= 0.3 is 0 Å². The van der Waals surface area contributed by atoms with E-state index < -0.39 is 0 Å². The van der Waals surface area contributed by atoms with Crippen LogP contribution in [-0.4, -0.2) is 61.8 Å². The Morgan fingerprint density at radius 1 is 1.37 bits per heavy atom. The van der Waals surface area contributed by atoms with Crippen LogP contribution in [0, 0.1) is 0 Å². The van der Waals surface area contributed by atoms with Gasteiger partial charge in [-0.15, -0.1) is 0 Å². The van der Waals surface area contributed by atoms with Gasteiger partial charge in [-0.3, -0.25) is 9.69 Å². The zero-order valence-corrected chi connectivity index (χ0v) is 12.7. The summed E-state index contributed by atoms with van der Waals surface area (Å²) in [4.78, 5) is 14.0. The Morgan fingerprint density at radius 2 is 2.00 bits per heavy atom. The molecule has 2 unspecified atom stereocenters. The smallest absolute Gasteiger partial charge is 0.234 e. The highest BCUT2D eigenvalue weighted by Crippen LogP contribution is 2.03. The summed E-state index contributed by atoms with van der Waals surface area (Å²) in [5.74, 6) is 0.117. The topological polar surface area (TPSA) is 53.6 Å². The highest BCUT2D eigenvalue weighted by atomic mass is 16.5. The second kappa shape index (κ2) is 8.51. The van der Waals surface area contributed by atoms with Crippen molar-refractivity contribution in [1.29, 1.82) is 0 Å². The zero-order valence-electron chi connectivity index (χ0n) is 12.7. The van der Waals surface area contributed by atoms with Gasteiger partial charge in [-0.2, -0.15) is 0 Å². The van der Waals surface area contributed by atoms with E-state index >= 15 is 0 Å². The lowest BCUT2D eigenvalue weighted by molar-refractivity contribution is -0.122. The molecular weight excluding hydrogens is 242 g/mol. The number of carbonyl (C=O) groups is 1. The number of hydrogen-bond acceptors (Lipinski definition) is 4. The van der Waals surface area contributed by atoms with Crippen molar-refractivity contribution < 1.29 is 9.53 Å². The van der Waals surface area contributed by atoms with Crippen LogP contribution in [0.25, 0.3) is 0 Å². The minimum absolute atomic E-state index is 0.117. The number of rotatable bonds is 7. The van der Waals surface area contributed by atoms with E-state index in [9.17, 15) is 4.79 Å². The van der Waals surface area contributed by atoms with Crippen LogP contribution < -0.4 is 10.6 Å². The summed E-state index contributed by atoms with van der Waals surface area (Å²) in [6.07, 6.45) is 1.14. The van der Waals surface area contributed by atoms with Crippen LogP contribution in [0.5, 0.6) is 0 Å². The lowest BCUT2D eigenvalue weighted by Gasteiger charge is -2.35. The highest BCUT2D eigenvalue weighted by molar-refractivity contribution is 5.78. The zero-order chi connectivity index (χ0) is 14.3. The summed E-state index contributed by atoms with van der Waals surface area (Å²) in [6.45, 7) is 12.1. The molecule has 0 aromatic rings. The molecular formula is C14H29N3O2. The minimum atomic E-state index is 0.117. The molecule has 19 heavy (non-hydrogen) atoms. The van der Waals surface area contributed by atoms with Crippen LogP contribution in [0.3, 0.4) is 0 Å². The van der Waals surface area contributed by atoms with Crippen LogP contribution in [0.2, 0.25) is 0 Å². The normalized spacial score (nSPS) is 24.7. The minimum Gasteiger partial charge on any atom is -0.379 e. The van der Waals surface area contributed by atoms with Crippen molar-refractivity contribution in [2.45, 2.75) is 52.3 Å². The Kier molecular flexibility index (Phi) is 7.34. The van der Waals surface area contributed by atoms with Crippen molar-refractivity contribution in [1.82, 2.24) is 15.5 Å². The van der Waals surface area contributed by atoms with Gasteiger partial charge in [0, 0.05) is 38.3 Å². The second-order valence-electron chi connectivity index (χ2n) is 5.79. The van der Waals surface area contributed by atoms with E-state index in [1.165, 1.54) is 0 Å². The van der Waals surface area contributed by atoms with Crippen molar-refractivity contribution in [2.24, 2.45) is 0 Å². The van der Waals surface area contributed by atoms with E-state index in [1.54, 1.807) is 0 Å². The lowest BCUT2D eigenvalue weighted by atomic mass is 10.1. The van der Waals surface area contributed by atoms with Crippen LogP contribution in [0.4, 0.5) is 0 Å². The number of nitrogens with zero attached hydrogens (tertiary/aromatic N) is 1. The fourth-order valence-corrected chi connectivity index (χ4v) is 2.45. The third-order valence-electron chi connectivity index (χ3n) is 3.09. The van der Waals surface area contributed by atoms with Crippen molar-refractivity contribution in [3.8, 4) is 0 Å². The molecule has 0 aromatic carbocycles. The largest absolute Gasteiger partial charge is 0.379 e. The summed E-state index contributed by atoms with van der Waals surface area (Å²) in [5.41, 5.74) is 0. The molecule has 1 amide bonds. The predicted octanol–water partition coefficient (Wildman–Crippen LogP) is 0.600. The van der Waals surface area contributed by atoms with Gasteiger partial charge < -0.3 is 15.4 Å². The van der Waals surface area contributed by atoms with Gasteiger partial charge in [0.25, 0.3) is 0 Å². The number of carbonyl (C=O) groups excluding carboxylic acids is 1. The Labute approximate surface area is 117 Å². The Hall–Kier alpha value is -0.650. The van der Waals surface area contributed by atoms with Crippen LogP contribution in [-0.2, 0) is 9.53 Å². The standard InChI is InChI=1S/C14H29N3O2/c1-11(2)19-7-5-6-15-14(18)10-17-8-12(3)16-13(4)9-17/h11-13,16H,5-10H2,1-4H3,(H,15,18). The molecule has 1 aliphatic rings. The van der Waals surface area contributed by atoms with Gasteiger partial charge in [0.05, 0.1) is 12.6 Å². The first-order valence-corrected chi connectivity index (χ1v) is 7.34. The van der Waals surface area contributed by atoms with Gasteiger partial charge in [-0.1, -0.05) is 0 Å². The predicted molar refractivity (Wildman–Crippen MR) is 77.2 cm³/mol. The molecule has 112 valence electrons. The van der Waals surface area contributed by atoms with Gasteiger partial charge in [-0.25, -0.2) is 0 Å². The molecule has 5 heteroatoms. The first-order valence-electron chi connectivity index (χ1n) is 7.34. The Balaban J connectivity index is 2.10. The first-order chi connectivity index (χ1) is 8.97. The summed E-state index contributed by atoms with van der Waals surface area (Å²) in [5, 5.41) is 6.42. The monoisotopic (exact) mass is 271 g/mol. The van der Waals surface area contributed by atoms with Crippen molar-refractivity contribution >= 4 is 5.91 Å². The number of ether oxygens (including phenoxy) is 1. The van der Waals surface area contributed by atoms with Crippen LogP contribution in [0.15, 0.2) is 0 Å². The first kappa shape index (κ1) is 16.4. The molecule has 0 aliphatic carbocycles. The molecule has 0 saturated carbocycles. The fraction of sp³-hybridized carbons (Fsp3) is 0.929. The third-order valence-corrected chi connectivity index (χ3v) is 3.09. The molecule has 1 fully saturated rings. The highest BCUT2D eigenvalue weighted by Gasteiger charge is 2.22.